The standard InChI is InChI=1S/C23H23FN6/c1-16-7-8-18(13-17(16)2)30-23-19(14-27-30)22(25-15-26-23)29-11-9-28(10-12-29)21-6-4-3-5-20(21)24/h3-8,13-15H,9-12H2,1-2H3. The van der Waals surface area contributed by atoms with Crippen LogP contribution in [0.1, 0.15) is 11.1 Å². The summed E-state index contributed by atoms with van der Waals surface area (Å²) in [5.74, 6) is 0.702. The largest absolute Gasteiger partial charge is 0.366 e. The monoisotopic (exact) mass is 402 g/mol. The molecular weight excluding hydrogens is 379 g/mol. The minimum atomic E-state index is -0.176. The van der Waals surface area contributed by atoms with Crippen LogP contribution in [-0.2, 0) is 0 Å². The Labute approximate surface area is 174 Å². The summed E-state index contributed by atoms with van der Waals surface area (Å²) in [7, 11) is 0. The van der Waals surface area contributed by atoms with Crippen LogP contribution in [0.2, 0.25) is 0 Å². The average molecular weight is 402 g/mol. The maximum atomic E-state index is 14.1. The van der Waals surface area contributed by atoms with Gasteiger partial charge < -0.3 is 9.80 Å². The SMILES string of the molecule is Cc1ccc(-n2ncc3c(N4CCN(c5ccccc5F)CC4)ncnc32)cc1C. The van der Waals surface area contributed by atoms with E-state index in [2.05, 4.69) is 56.9 Å². The number of fused-ring (bicyclic) bond motifs is 1. The van der Waals surface area contributed by atoms with Crippen molar-refractivity contribution in [3.8, 4) is 5.69 Å². The van der Waals surface area contributed by atoms with Crippen LogP contribution in [-0.4, -0.2) is 45.9 Å². The van der Waals surface area contributed by atoms with Crippen LogP contribution in [0.3, 0.4) is 0 Å². The van der Waals surface area contributed by atoms with E-state index in [4.69, 9.17) is 0 Å². The Morgan fingerprint density at radius 2 is 1.63 bits per heavy atom. The number of aromatic nitrogens is 4. The number of halogens is 1. The zero-order valence-electron chi connectivity index (χ0n) is 17.1. The van der Waals surface area contributed by atoms with E-state index >= 15 is 0 Å². The summed E-state index contributed by atoms with van der Waals surface area (Å²) in [5, 5.41) is 5.52. The van der Waals surface area contributed by atoms with Crippen molar-refractivity contribution in [3.05, 3.63) is 71.9 Å². The Morgan fingerprint density at radius 1 is 0.867 bits per heavy atom. The van der Waals surface area contributed by atoms with Gasteiger partial charge in [-0.25, -0.2) is 19.0 Å². The van der Waals surface area contributed by atoms with E-state index < -0.39 is 0 Å². The highest BCUT2D eigenvalue weighted by atomic mass is 19.1. The van der Waals surface area contributed by atoms with Crippen molar-refractivity contribution < 1.29 is 4.39 Å². The summed E-state index contributed by atoms with van der Waals surface area (Å²) < 4.78 is 16.0. The first-order valence-electron chi connectivity index (χ1n) is 10.1. The van der Waals surface area contributed by atoms with Crippen molar-refractivity contribution in [2.75, 3.05) is 36.0 Å². The number of hydrogen-bond acceptors (Lipinski definition) is 5. The molecular formula is C23H23FN6. The molecule has 3 heterocycles. The van der Waals surface area contributed by atoms with Crippen LogP contribution in [0.15, 0.2) is 55.0 Å². The van der Waals surface area contributed by atoms with Crippen molar-refractivity contribution >= 4 is 22.5 Å². The fourth-order valence-electron chi connectivity index (χ4n) is 4.00. The maximum Gasteiger partial charge on any atom is 0.168 e. The Balaban J connectivity index is 1.43. The predicted molar refractivity (Wildman–Crippen MR) is 117 cm³/mol. The second kappa shape index (κ2) is 7.40. The van der Waals surface area contributed by atoms with Crippen LogP contribution in [0.5, 0.6) is 0 Å². The number of benzene rings is 2. The number of nitrogens with zero attached hydrogens (tertiary/aromatic N) is 6. The third-order valence-corrected chi connectivity index (χ3v) is 5.85. The fraction of sp³-hybridized carbons (Fsp3) is 0.261. The molecule has 4 aromatic rings. The van der Waals surface area contributed by atoms with E-state index in [0.29, 0.717) is 5.69 Å². The first-order valence-corrected chi connectivity index (χ1v) is 10.1. The van der Waals surface area contributed by atoms with Gasteiger partial charge in [-0.1, -0.05) is 18.2 Å². The number of hydrogen-bond donors (Lipinski definition) is 0. The summed E-state index contributed by atoms with van der Waals surface area (Å²) in [6.45, 7) is 7.18. The van der Waals surface area contributed by atoms with Crippen LogP contribution in [0.4, 0.5) is 15.9 Å². The van der Waals surface area contributed by atoms with Crippen molar-refractivity contribution in [2.24, 2.45) is 0 Å². The first kappa shape index (κ1) is 18.5. The second-order valence-electron chi connectivity index (χ2n) is 7.69. The lowest BCUT2D eigenvalue weighted by atomic mass is 10.1. The number of aryl methyl sites for hydroxylation is 2. The zero-order chi connectivity index (χ0) is 20.7. The minimum absolute atomic E-state index is 0.176. The van der Waals surface area contributed by atoms with Gasteiger partial charge in [0, 0.05) is 26.2 Å². The van der Waals surface area contributed by atoms with Gasteiger partial charge in [0.1, 0.15) is 18.0 Å². The molecule has 0 spiro atoms. The highest BCUT2D eigenvalue weighted by molar-refractivity contribution is 5.87. The van der Waals surface area contributed by atoms with Gasteiger partial charge >= 0.3 is 0 Å². The van der Waals surface area contributed by atoms with Gasteiger partial charge in [0.15, 0.2) is 5.65 Å². The third kappa shape index (κ3) is 3.16. The van der Waals surface area contributed by atoms with Crippen LogP contribution in [0.25, 0.3) is 16.7 Å². The molecule has 0 N–H and O–H groups in total. The van der Waals surface area contributed by atoms with Crippen LogP contribution < -0.4 is 9.80 Å². The topological polar surface area (TPSA) is 50.1 Å². The van der Waals surface area contributed by atoms with Crippen LogP contribution >= 0.6 is 0 Å². The molecule has 7 heteroatoms. The van der Waals surface area contributed by atoms with Crippen molar-refractivity contribution in [3.63, 3.8) is 0 Å². The molecule has 30 heavy (non-hydrogen) atoms. The van der Waals surface area contributed by atoms with Gasteiger partial charge in [-0.2, -0.15) is 5.10 Å². The number of anilines is 2. The molecule has 2 aromatic carbocycles. The summed E-state index contributed by atoms with van der Waals surface area (Å²) in [4.78, 5) is 13.4. The van der Waals surface area contributed by atoms with Crippen molar-refractivity contribution in [1.82, 2.24) is 19.7 Å². The number of rotatable bonds is 3. The first-order chi connectivity index (χ1) is 14.6. The summed E-state index contributed by atoms with van der Waals surface area (Å²) in [6.07, 6.45) is 3.43. The highest BCUT2D eigenvalue weighted by Gasteiger charge is 2.23. The average Bonchev–Trinajstić information content (AvgIpc) is 3.21. The quantitative estimate of drug-likeness (QED) is 0.520. The van der Waals surface area contributed by atoms with Gasteiger partial charge in [-0.15, -0.1) is 0 Å². The molecule has 152 valence electrons. The number of para-hydroxylation sites is 1. The molecule has 1 fully saturated rings. The fourth-order valence-corrected chi connectivity index (χ4v) is 4.00. The van der Waals surface area contributed by atoms with Gasteiger partial charge in [-0.05, 0) is 49.2 Å². The molecule has 5 rings (SSSR count). The third-order valence-electron chi connectivity index (χ3n) is 5.85. The van der Waals surface area contributed by atoms with Crippen LogP contribution in [0, 0.1) is 19.7 Å². The van der Waals surface area contributed by atoms with E-state index in [1.165, 1.54) is 17.2 Å². The van der Waals surface area contributed by atoms with E-state index in [1.54, 1.807) is 12.4 Å². The maximum absolute atomic E-state index is 14.1. The van der Waals surface area contributed by atoms with Crippen molar-refractivity contribution in [2.45, 2.75) is 13.8 Å². The molecule has 1 aliphatic rings. The molecule has 1 aliphatic heterocycles. The molecule has 0 amide bonds. The molecule has 0 unspecified atom stereocenters. The Hall–Kier alpha value is -3.48. The van der Waals surface area contributed by atoms with E-state index in [1.807, 2.05) is 23.0 Å². The smallest absolute Gasteiger partial charge is 0.168 e. The summed E-state index contributed by atoms with van der Waals surface area (Å²) >= 11 is 0. The second-order valence-corrected chi connectivity index (χ2v) is 7.69. The Bertz CT molecular complexity index is 1210. The lowest BCUT2D eigenvalue weighted by Gasteiger charge is -2.36. The lowest BCUT2D eigenvalue weighted by Crippen LogP contribution is -2.47. The molecule has 6 nitrogen and oxygen atoms in total. The number of piperazine rings is 1. The van der Waals surface area contributed by atoms with E-state index in [9.17, 15) is 4.39 Å². The lowest BCUT2D eigenvalue weighted by molar-refractivity contribution is 0.596. The normalized spacial score (nSPS) is 14.5. The van der Waals surface area contributed by atoms with Crippen molar-refractivity contribution in [1.29, 1.82) is 0 Å². The van der Waals surface area contributed by atoms with E-state index in [0.717, 1.165) is 48.7 Å². The minimum Gasteiger partial charge on any atom is -0.366 e. The molecule has 2 aromatic heterocycles. The molecule has 0 atom stereocenters. The highest BCUT2D eigenvalue weighted by Crippen LogP contribution is 2.27. The van der Waals surface area contributed by atoms with Gasteiger partial charge in [0.2, 0.25) is 0 Å². The molecule has 0 saturated carbocycles. The molecule has 0 aliphatic carbocycles. The summed E-state index contributed by atoms with van der Waals surface area (Å²) in [5.41, 5.74) is 4.90. The molecule has 0 radical (unpaired) electrons. The Morgan fingerprint density at radius 3 is 2.40 bits per heavy atom. The van der Waals surface area contributed by atoms with Gasteiger partial charge in [0.25, 0.3) is 0 Å². The summed E-state index contributed by atoms with van der Waals surface area (Å²) in [6, 6.07) is 13.2. The molecule has 0 bridgehead atoms. The molecule has 1 saturated heterocycles. The predicted octanol–water partition coefficient (Wildman–Crippen LogP) is 3.90. The van der Waals surface area contributed by atoms with Gasteiger partial charge in [0.05, 0.1) is 23.0 Å². The zero-order valence-corrected chi connectivity index (χ0v) is 17.1. The van der Waals surface area contributed by atoms with Gasteiger partial charge in [-0.3, -0.25) is 0 Å². The Kier molecular flexibility index (Phi) is 4.58. The van der Waals surface area contributed by atoms with E-state index in [-0.39, 0.29) is 5.82 Å².